The quantitative estimate of drug-likeness (QED) is 0.900. The predicted molar refractivity (Wildman–Crippen MR) is 73.1 cm³/mol. The van der Waals surface area contributed by atoms with Crippen LogP contribution in [0.4, 0.5) is 18.9 Å². The number of carbonyl (C=O) groups is 1. The molecule has 0 fully saturated rings. The van der Waals surface area contributed by atoms with Crippen molar-refractivity contribution in [1.82, 2.24) is 0 Å². The zero-order valence-electron chi connectivity index (χ0n) is 12.1. The van der Waals surface area contributed by atoms with E-state index in [4.69, 9.17) is 0 Å². The van der Waals surface area contributed by atoms with Crippen LogP contribution in [0.2, 0.25) is 0 Å². The Bertz CT molecular complexity index is 540. The largest absolute Gasteiger partial charge is 0.573 e. The van der Waals surface area contributed by atoms with Crippen LogP contribution >= 0.6 is 0 Å². The molecular formula is C15H18F3NO2. The van der Waals surface area contributed by atoms with Crippen LogP contribution < -0.4 is 10.1 Å². The van der Waals surface area contributed by atoms with Crippen LogP contribution in [-0.4, -0.2) is 12.3 Å². The Kier molecular flexibility index (Phi) is 4.16. The molecule has 2 unspecified atom stereocenters. The van der Waals surface area contributed by atoms with Crippen molar-refractivity contribution in [3.05, 3.63) is 23.8 Å². The molecule has 0 saturated heterocycles. The van der Waals surface area contributed by atoms with E-state index in [1.807, 2.05) is 20.8 Å². The molecule has 116 valence electrons. The molecule has 1 N–H and O–H groups in total. The van der Waals surface area contributed by atoms with Crippen molar-refractivity contribution >= 4 is 11.6 Å². The Labute approximate surface area is 121 Å². The number of hydrogen-bond donors (Lipinski definition) is 1. The Morgan fingerprint density at radius 2 is 1.95 bits per heavy atom. The lowest BCUT2D eigenvalue weighted by molar-refractivity contribution is -0.274. The minimum atomic E-state index is -4.73. The first-order valence-electron chi connectivity index (χ1n) is 6.88. The van der Waals surface area contributed by atoms with E-state index in [2.05, 4.69) is 10.1 Å². The zero-order chi connectivity index (χ0) is 15.8. The minimum Gasteiger partial charge on any atom is -0.406 e. The molecule has 1 aromatic rings. The van der Waals surface area contributed by atoms with Crippen molar-refractivity contribution in [2.45, 2.75) is 39.5 Å². The second kappa shape index (κ2) is 5.58. The van der Waals surface area contributed by atoms with E-state index in [1.54, 1.807) is 0 Å². The van der Waals surface area contributed by atoms with Crippen molar-refractivity contribution in [2.75, 3.05) is 5.32 Å². The molecule has 1 aliphatic rings. The average molecular weight is 301 g/mol. The molecule has 1 amide bonds. The summed E-state index contributed by atoms with van der Waals surface area (Å²) < 4.78 is 40.8. The number of alkyl halides is 3. The van der Waals surface area contributed by atoms with Gasteiger partial charge in [0.25, 0.3) is 0 Å². The van der Waals surface area contributed by atoms with Crippen molar-refractivity contribution in [3.8, 4) is 5.75 Å². The standard InChI is InChI=1S/C15H18F3NO2/c1-8(2)6-9(3)13-11-7-10(21-15(16,17)18)4-5-12(11)19-14(13)20/h4-5,7-9,13H,6H2,1-3H3,(H,19,20). The van der Waals surface area contributed by atoms with Crippen molar-refractivity contribution < 1.29 is 22.7 Å². The summed E-state index contributed by atoms with van der Waals surface area (Å²) in [4.78, 5) is 12.1. The van der Waals surface area contributed by atoms with Gasteiger partial charge < -0.3 is 10.1 Å². The van der Waals surface area contributed by atoms with Crippen LogP contribution in [0.25, 0.3) is 0 Å². The summed E-state index contributed by atoms with van der Waals surface area (Å²) in [5, 5.41) is 2.72. The lowest BCUT2D eigenvalue weighted by atomic mass is 9.83. The summed E-state index contributed by atoms with van der Waals surface area (Å²) in [5.74, 6) is -0.431. The van der Waals surface area contributed by atoms with Gasteiger partial charge in [0.15, 0.2) is 0 Å². The van der Waals surface area contributed by atoms with Crippen molar-refractivity contribution in [2.24, 2.45) is 11.8 Å². The second-order valence-electron chi connectivity index (χ2n) is 5.87. The van der Waals surface area contributed by atoms with Gasteiger partial charge in [-0.25, -0.2) is 0 Å². The molecule has 0 radical (unpaired) electrons. The molecule has 2 atom stereocenters. The molecule has 2 rings (SSSR count). The highest BCUT2D eigenvalue weighted by atomic mass is 19.4. The summed E-state index contributed by atoms with van der Waals surface area (Å²) in [5.41, 5.74) is 1.14. The van der Waals surface area contributed by atoms with E-state index >= 15 is 0 Å². The number of ether oxygens (including phenoxy) is 1. The van der Waals surface area contributed by atoms with Gasteiger partial charge >= 0.3 is 6.36 Å². The summed E-state index contributed by atoms with van der Waals surface area (Å²) >= 11 is 0. The monoisotopic (exact) mass is 301 g/mol. The van der Waals surface area contributed by atoms with Gasteiger partial charge in [0.05, 0.1) is 5.92 Å². The van der Waals surface area contributed by atoms with E-state index in [0.29, 0.717) is 17.2 Å². The maximum absolute atomic E-state index is 12.3. The van der Waals surface area contributed by atoms with Crippen molar-refractivity contribution in [3.63, 3.8) is 0 Å². The molecule has 21 heavy (non-hydrogen) atoms. The number of benzene rings is 1. The predicted octanol–water partition coefficient (Wildman–Crippen LogP) is 4.30. The summed E-state index contributed by atoms with van der Waals surface area (Å²) in [6, 6.07) is 3.97. The zero-order valence-corrected chi connectivity index (χ0v) is 12.1. The SMILES string of the molecule is CC(C)CC(C)C1C(=O)Nc2ccc(OC(F)(F)F)cc21. The smallest absolute Gasteiger partial charge is 0.406 e. The first-order chi connectivity index (χ1) is 9.67. The fourth-order valence-corrected chi connectivity index (χ4v) is 2.91. The first-order valence-corrected chi connectivity index (χ1v) is 6.88. The van der Waals surface area contributed by atoms with Gasteiger partial charge in [-0.2, -0.15) is 0 Å². The molecule has 0 bridgehead atoms. The van der Waals surface area contributed by atoms with Crippen molar-refractivity contribution in [1.29, 1.82) is 0 Å². The van der Waals surface area contributed by atoms with Crippen LogP contribution in [-0.2, 0) is 4.79 Å². The number of anilines is 1. The minimum absolute atomic E-state index is 0.0485. The lowest BCUT2D eigenvalue weighted by Gasteiger charge is -2.20. The van der Waals surface area contributed by atoms with Crippen LogP contribution in [0, 0.1) is 11.8 Å². The van der Waals surface area contributed by atoms with Gasteiger partial charge in [-0.05, 0) is 42.0 Å². The topological polar surface area (TPSA) is 38.3 Å². The van der Waals surface area contributed by atoms with E-state index < -0.39 is 12.3 Å². The first kappa shape index (κ1) is 15.7. The Hall–Kier alpha value is -1.72. The van der Waals surface area contributed by atoms with Crippen LogP contribution in [0.1, 0.15) is 38.7 Å². The van der Waals surface area contributed by atoms with Gasteiger partial charge in [-0.1, -0.05) is 20.8 Å². The molecule has 0 spiro atoms. The molecule has 0 aromatic heterocycles. The summed E-state index contributed by atoms with van der Waals surface area (Å²) in [6.07, 6.45) is -3.91. The van der Waals surface area contributed by atoms with Crippen LogP contribution in [0.5, 0.6) is 5.75 Å². The number of hydrogen-bond acceptors (Lipinski definition) is 2. The highest BCUT2D eigenvalue weighted by molar-refractivity contribution is 6.03. The molecule has 1 aliphatic heterocycles. The number of fused-ring (bicyclic) bond motifs is 1. The number of halogens is 3. The fourth-order valence-electron chi connectivity index (χ4n) is 2.91. The van der Waals surface area contributed by atoms with Gasteiger partial charge in [-0.15, -0.1) is 13.2 Å². The lowest BCUT2D eigenvalue weighted by Crippen LogP contribution is -2.20. The highest BCUT2D eigenvalue weighted by Gasteiger charge is 2.37. The third-order valence-electron chi connectivity index (χ3n) is 3.54. The average Bonchev–Trinajstić information content (AvgIpc) is 2.61. The molecule has 6 heteroatoms. The van der Waals surface area contributed by atoms with Gasteiger partial charge in [-0.3, -0.25) is 4.79 Å². The number of rotatable bonds is 4. The molecular weight excluding hydrogens is 283 g/mol. The number of amides is 1. The molecule has 1 heterocycles. The van der Waals surface area contributed by atoms with E-state index in [-0.39, 0.29) is 17.6 Å². The maximum atomic E-state index is 12.3. The Morgan fingerprint density at radius 1 is 1.29 bits per heavy atom. The van der Waals surface area contributed by atoms with E-state index in [1.165, 1.54) is 18.2 Å². The Morgan fingerprint density at radius 3 is 2.52 bits per heavy atom. The number of nitrogens with one attached hydrogen (secondary N) is 1. The Balaban J connectivity index is 2.29. The number of carbonyl (C=O) groups excluding carboxylic acids is 1. The molecule has 0 aliphatic carbocycles. The normalized spacial score (nSPS) is 19.4. The molecule has 0 saturated carbocycles. The van der Waals surface area contributed by atoms with Gasteiger partial charge in [0, 0.05) is 5.69 Å². The van der Waals surface area contributed by atoms with Gasteiger partial charge in [0.2, 0.25) is 5.91 Å². The van der Waals surface area contributed by atoms with E-state index in [0.717, 1.165) is 6.42 Å². The van der Waals surface area contributed by atoms with E-state index in [9.17, 15) is 18.0 Å². The van der Waals surface area contributed by atoms with Crippen LogP contribution in [0.3, 0.4) is 0 Å². The summed E-state index contributed by atoms with van der Waals surface area (Å²) in [6.45, 7) is 6.04. The third kappa shape index (κ3) is 3.68. The fraction of sp³-hybridized carbons (Fsp3) is 0.533. The molecule has 1 aromatic carbocycles. The van der Waals surface area contributed by atoms with Crippen LogP contribution in [0.15, 0.2) is 18.2 Å². The molecule has 3 nitrogen and oxygen atoms in total. The second-order valence-corrected chi connectivity index (χ2v) is 5.87. The maximum Gasteiger partial charge on any atom is 0.573 e. The van der Waals surface area contributed by atoms with Gasteiger partial charge in [0.1, 0.15) is 5.75 Å². The third-order valence-corrected chi connectivity index (χ3v) is 3.54. The highest BCUT2D eigenvalue weighted by Crippen LogP contribution is 2.41. The summed E-state index contributed by atoms with van der Waals surface area (Å²) in [7, 11) is 0.